The zero-order chi connectivity index (χ0) is 39.0. The standard InChI is InChI=1S/C55H40N4/c56-35-44-51(36-19-3-1-4-20-36)53(57-45-29-13-7-23-38(45)39-24-8-14-30-46(39)57)55(59-49-33-17-11-27-42(49)43-28-12-18-34-50(43)59)54(52(44)37-21-5-2-6-22-37)58-47-31-15-9-25-40(47)41-26-10-16-32-48(41)58/h1-7,9,11-23,25,27-34,38,45H,8,10,24,26H2. The lowest BCUT2D eigenvalue weighted by Crippen LogP contribution is -2.34. The van der Waals surface area contributed by atoms with Gasteiger partial charge in [-0.3, -0.25) is 0 Å². The first-order chi connectivity index (χ1) is 29.3. The van der Waals surface area contributed by atoms with Gasteiger partial charge in [0.1, 0.15) is 6.07 Å². The van der Waals surface area contributed by atoms with E-state index in [9.17, 15) is 5.26 Å². The Morgan fingerprint density at radius 1 is 0.525 bits per heavy atom. The van der Waals surface area contributed by atoms with Gasteiger partial charge in [0.2, 0.25) is 0 Å². The molecule has 0 saturated carbocycles. The van der Waals surface area contributed by atoms with E-state index in [1.807, 2.05) is 0 Å². The van der Waals surface area contributed by atoms with Crippen molar-refractivity contribution in [2.45, 2.75) is 31.7 Å². The molecule has 3 heterocycles. The Bertz CT molecular complexity index is 3180. The summed E-state index contributed by atoms with van der Waals surface area (Å²) < 4.78 is 5.04. The van der Waals surface area contributed by atoms with E-state index in [0.717, 1.165) is 81.5 Å². The number of para-hydroxylation sites is 3. The molecule has 4 aliphatic rings. The molecule has 6 aromatic carbocycles. The van der Waals surface area contributed by atoms with Crippen LogP contribution in [0, 0.1) is 17.2 Å². The van der Waals surface area contributed by atoms with Crippen molar-refractivity contribution in [1.82, 2.24) is 9.13 Å². The number of fused-ring (bicyclic) bond motifs is 8. The Labute approximate surface area is 343 Å². The molecule has 59 heavy (non-hydrogen) atoms. The van der Waals surface area contributed by atoms with Crippen LogP contribution >= 0.6 is 0 Å². The number of aromatic nitrogens is 2. The maximum absolute atomic E-state index is 11.9. The summed E-state index contributed by atoms with van der Waals surface area (Å²) in [6.07, 6.45) is 22.5. The first-order valence-corrected chi connectivity index (χ1v) is 20.9. The normalized spacial score (nSPS) is 17.8. The summed E-state index contributed by atoms with van der Waals surface area (Å²) in [6, 6.07) is 50.8. The van der Waals surface area contributed by atoms with E-state index in [2.05, 4.69) is 202 Å². The number of aryl methyl sites for hydroxylation is 1. The van der Waals surface area contributed by atoms with Crippen LogP contribution in [0.5, 0.6) is 0 Å². The van der Waals surface area contributed by atoms with Gasteiger partial charge in [0.05, 0.1) is 45.2 Å². The molecule has 8 aromatic rings. The molecule has 4 heteroatoms. The van der Waals surface area contributed by atoms with E-state index in [-0.39, 0.29) is 12.0 Å². The predicted octanol–water partition coefficient (Wildman–Crippen LogP) is 13.4. The van der Waals surface area contributed by atoms with Gasteiger partial charge in [0.15, 0.2) is 0 Å². The SMILES string of the molecule is N#Cc1c(-c2ccccc2)c(N2C3=C(CCC=C3)C3C=CC=CC32)c(-n2c3ccccc3c3ccccc32)c(-n2c3c(c4ccccc42)CCC=C3)c1-c1ccccc1. The van der Waals surface area contributed by atoms with E-state index < -0.39 is 0 Å². The quantitative estimate of drug-likeness (QED) is 0.175. The third-order valence-electron chi connectivity index (χ3n) is 13.0. The minimum Gasteiger partial charge on any atom is -0.331 e. The van der Waals surface area contributed by atoms with Crippen molar-refractivity contribution in [3.63, 3.8) is 0 Å². The largest absolute Gasteiger partial charge is 0.331 e. The summed E-state index contributed by atoms with van der Waals surface area (Å²) >= 11 is 0. The second kappa shape index (κ2) is 13.4. The predicted molar refractivity (Wildman–Crippen MR) is 244 cm³/mol. The van der Waals surface area contributed by atoms with Crippen LogP contribution in [0.1, 0.15) is 36.1 Å². The van der Waals surface area contributed by atoms with E-state index in [4.69, 9.17) is 0 Å². The number of nitriles is 1. The van der Waals surface area contributed by atoms with Gasteiger partial charge in [-0.2, -0.15) is 5.26 Å². The van der Waals surface area contributed by atoms with Gasteiger partial charge in [-0.1, -0.05) is 152 Å². The van der Waals surface area contributed by atoms with Crippen LogP contribution in [0.25, 0.3) is 72.4 Å². The van der Waals surface area contributed by atoms with E-state index in [0.29, 0.717) is 5.56 Å². The Morgan fingerprint density at radius 2 is 1.08 bits per heavy atom. The molecule has 2 unspecified atom stereocenters. The molecule has 0 N–H and O–H groups in total. The summed E-state index contributed by atoms with van der Waals surface area (Å²) in [5.41, 5.74) is 16.3. The second-order valence-corrected chi connectivity index (χ2v) is 16.0. The fourth-order valence-corrected chi connectivity index (χ4v) is 10.7. The summed E-state index contributed by atoms with van der Waals surface area (Å²) in [6.45, 7) is 0. The number of benzene rings is 6. The Balaban J connectivity index is 1.40. The Morgan fingerprint density at radius 3 is 1.76 bits per heavy atom. The smallest absolute Gasteiger partial charge is 0.101 e. The molecule has 1 aliphatic heterocycles. The Kier molecular flexibility index (Phi) is 7.65. The zero-order valence-electron chi connectivity index (χ0n) is 32.6. The summed E-state index contributed by atoms with van der Waals surface area (Å²) in [7, 11) is 0. The molecular formula is C55H40N4. The van der Waals surface area contributed by atoms with E-state index >= 15 is 0 Å². The fourth-order valence-electron chi connectivity index (χ4n) is 10.7. The molecule has 2 aromatic heterocycles. The van der Waals surface area contributed by atoms with Gasteiger partial charge in [-0.15, -0.1) is 0 Å². The number of hydrogen-bond donors (Lipinski definition) is 0. The lowest BCUT2D eigenvalue weighted by atomic mass is 9.85. The molecule has 0 fully saturated rings. The van der Waals surface area contributed by atoms with Crippen molar-refractivity contribution < 1.29 is 0 Å². The molecule has 12 rings (SSSR count). The van der Waals surface area contributed by atoms with Crippen molar-refractivity contribution in [3.05, 3.63) is 204 Å². The lowest BCUT2D eigenvalue weighted by Gasteiger charge is -2.37. The monoisotopic (exact) mass is 756 g/mol. The average Bonchev–Trinajstić information content (AvgIpc) is 3.94. The number of hydrogen-bond acceptors (Lipinski definition) is 2. The zero-order valence-corrected chi connectivity index (χ0v) is 32.6. The van der Waals surface area contributed by atoms with Crippen molar-refractivity contribution >= 4 is 44.5 Å². The minimum absolute atomic E-state index is 0.0271. The molecule has 3 aliphatic carbocycles. The van der Waals surface area contributed by atoms with E-state index in [1.165, 1.54) is 38.7 Å². The molecule has 280 valence electrons. The van der Waals surface area contributed by atoms with Crippen molar-refractivity contribution in [1.29, 1.82) is 5.26 Å². The number of allylic oxidation sites excluding steroid dienone is 5. The summed E-state index contributed by atoms with van der Waals surface area (Å²) in [4.78, 5) is 2.62. The van der Waals surface area contributed by atoms with Crippen LogP contribution in [0.3, 0.4) is 0 Å². The summed E-state index contributed by atoms with van der Waals surface area (Å²) in [5, 5.41) is 15.6. The molecule has 0 saturated heterocycles. The van der Waals surface area contributed by atoms with Crippen LogP contribution < -0.4 is 4.90 Å². The van der Waals surface area contributed by atoms with Gasteiger partial charge >= 0.3 is 0 Å². The van der Waals surface area contributed by atoms with Crippen molar-refractivity contribution in [2.75, 3.05) is 4.90 Å². The van der Waals surface area contributed by atoms with Crippen LogP contribution in [-0.4, -0.2) is 15.2 Å². The first-order valence-electron chi connectivity index (χ1n) is 20.9. The highest BCUT2D eigenvalue weighted by Gasteiger charge is 2.43. The fraction of sp³-hybridized carbons (Fsp3) is 0.109. The lowest BCUT2D eigenvalue weighted by molar-refractivity contribution is 0.658. The average molecular weight is 757 g/mol. The van der Waals surface area contributed by atoms with Gasteiger partial charge in [-0.25, -0.2) is 0 Å². The number of anilines is 1. The van der Waals surface area contributed by atoms with Gasteiger partial charge < -0.3 is 14.0 Å². The van der Waals surface area contributed by atoms with Gasteiger partial charge in [0, 0.05) is 44.6 Å². The van der Waals surface area contributed by atoms with Gasteiger partial charge in [0.25, 0.3) is 0 Å². The third-order valence-corrected chi connectivity index (χ3v) is 13.0. The molecule has 0 amide bonds. The maximum atomic E-state index is 11.9. The molecule has 4 nitrogen and oxygen atoms in total. The van der Waals surface area contributed by atoms with Crippen molar-refractivity contribution in [2.24, 2.45) is 5.92 Å². The van der Waals surface area contributed by atoms with Gasteiger partial charge in [-0.05, 0) is 78.3 Å². The number of rotatable bonds is 5. The molecular weight excluding hydrogens is 717 g/mol. The highest BCUT2D eigenvalue weighted by molar-refractivity contribution is 6.13. The number of nitrogens with zero attached hydrogens (tertiary/aromatic N) is 4. The summed E-state index contributed by atoms with van der Waals surface area (Å²) in [5.74, 6) is 0.223. The van der Waals surface area contributed by atoms with Crippen LogP contribution in [-0.2, 0) is 6.42 Å². The van der Waals surface area contributed by atoms with Crippen LogP contribution in [0.4, 0.5) is 5.69 Å². The minimum atomic E-state index is 0.0271. The molecule has 2 atom stereocenters. The molecule has 0 spiro atoms. The van der Waals surface area contributed by atoms with Crippen LogP contribution in [0.2, 0.25) is 0 Å². The van der Waals surface area contributed by atoms with Crippen molar-refractivity contribution in [3.8, 4) is 39.7 Å². The molecule has 0 radical (unpaired) electrons. The van der Waals surface area contributed by atoms with Crippen LogP contribution in [0.15, 0.2) is 187 Å². The Hall–Kier alpha value is -7.35. The molecule has 0 bridgehead atoms. The highest BCUT2D eigenvalue weighted by Crippen LogP contribution is 2.56. The first kappa shape index (κ1) is 33.8. The topological polar surface area (TPSA) is 36.9 Å². The highest BCUT2D eigenvalue weighted by atomic mass is 15.2. The van der Waals surface area contributed by atoms with E-state index in [1.54, 1.807) is 0 Å². The maximum Gasteiger partial charge on any atom is 0.101 e. The third kappa shape index (κ3) is 4.89. The second-order valence-electron chi connectivity index (χ2n) is 16.0.